The highest BCUT2D eigenvalue weighted by Gasteiger charge is 2.15. The minimum absolute atomic E-state index is 0.285. The molecule has 4 heteroatoms. The molecule has 0 fully saturated rings. The molecule has 0 aliphatic rings. The Morgan fingerprint density at radius 2 is 2.11 bits per heavy atom. The number of likely N-dealkylation sites (N-methyl/N-ethyl adjacent to an activating group) is 1. The number of hydrogen-bond donors (Lipinski definition) is 1. The molecule has 0 saturated heterocycles. The first-order chi connectivity index (χ1) is 9.14. The van der Waals surface area contributed by atoms with Crippen LogP contribution in [0.4, 0.5) is 0 Å². The fourth-order valence-corrected chi connectivity index (χ4v) is 2.40. The number of nitrogens with one attached hydrogen (secondary N) is 1. The summed E-state index contributed by atoms with van der Waals surface area (Å²) < 4.78 is 7.51. The van der Waals surface area contributed by atoms with Gasteiger partial charge < -0.3 is 10.1 Å². The Labute approximate surface area is 117 Å². The van der Waals surface area contributed by atoms with E-state index in [1.165, 1.54) is 11.4 Å². The van der Waals surface area contributed by atoms with Gasteiger partial charge >= 0.3 is 0 Å². The summed E-state index contributed by atoms with van der Waals surface area (Å²) in [7, 11) is 1.78. The standard InChI is InChI=1S/C15H29N3O/c1-6-13-10-15(18(8-3)17-13)11-14(16-7-2)9-12(4)19-5/h10,12,14,16H,6-9,11H2,1-5H3. The van der Waals surface area contributed by atoms with E-state index >= 15 is 0 Å². The second-order valence-electron chi connectivity index (χ2n) is 5.04. The van der Waals surface area contributed by atoms with Gasteiger partial charge in [-0.05, 0) is 39.3 Å². The molecule has 1 aromatic rings. The molecule has 110 valence electrons. The highest BCUT2D eigenvalue weighted by atomic mass is 16.5. The number of nitrogens with zero attached hydrogens (tertiary/aromatic N) is 2. The van der Waals surface area contributed by atoms with Gasteiger partial charge in [-0.2, -0.15) is 5.10 Å². The summed E-state index contributed by atoms with van der Waals surface area (Å²) in [5.41, 5.74) is 2.51. The lowest BCUT2D eigenvalue weighted by molar-refractivity contribution is 0.100. The van der Waals surface area contributed by atoms with Crippen LogP contribution in [0.5, 0.6) is 0 Å². The van der Waals surface area contributed by atoms with Gasteiger partial charge in [0.15, 0.2) is 0 Å². The summed E-state index contributed by atoms with van der Waals surface area (Å²) in [6.45, 7) is 10.5. The monoisotopic (exact) mass is 267 g/mol. The first-order valence-electron chi connectivity index (χ1n) is 7.46. The second-order valence-corrected chi connectivity index (χ2v) is 5.04. The molecular weight excluding hydrogens is 238 g/mol. The van der Waals surface area contributed by atoms with Gasteiger partial charge in [-0.3, -0.25) is 4.68 Å². The Morgan fingerprint density at radius 1 is 1.37 bits per heavy atom. The van der Waals surface area contributed by atoms with E-state index in [-0.39, 0.29) is 6.10 Å². The van der Waals surface area contributed by atoms with Crippen LogP contribution in [0.25, 0.3) is 0 Å². The Bertz CT molecular complexity index is 362. The Morgan fingerprint density at radius 3 is 2.63 bits per heavy atom. The third-order valence-corrected chi connectivity index (χ3v) is 3.54. The molecule has 0 spiro atoms. The number of hydrogen-bond acceptors (Lipinski definition) is 3. The minimum Gasteiger partial charge on any atom is -0.382 e. The highest BCUT2D eigenvalue weighted by molar-refractivity contribution is 5.12. The molecule has 19 heavy (non-hydrogen) atoms. The molecule has 1 rings (SSSR count). The van der Waals surface area contributed by atoms with E-state index < -0.39 is 0 Å². The van der Waals surface area contributed by atoms with E-state index in [1.54, 1.807) is 7.11 Å². The van der Waals surface area contributed by atoms with Gasteiger partial charge in [-0.1, -0.05) is 13.8 Å². The van der Waals surface area contributed by atoms with Crippen molar-refractivity contribution >= 4 is 0 Å². The largest absolute Gasteiger partial charge is 0.382 e. The van der Waals surface area contributed by atoms with Gasteiger partial charge in [-0.15, -0.1) is 0 Å². The lowest BCUT2D eigenvalue weighted by Crippen LogP contribution is -2.35. The number of methoxy groups -OCH3 is 1. The van der Waals surface area contributed by atoms with Gasteiger partial charge in [0.05, 0.1) is 11.8 Å². The van der Waals surface area contributed by atoms with Crippen molar-refractivity contribution in [2.45, 2.75) is 65.6 Å². The summed E-state index contributed by atoms with van der Waals surface area (Å²) in [4.78, 5) is 0. The zero-order valence-corrected chi connectivity index (χ0v) is 13.1. The van der Waals surface area contributed by atoms with E-state index in [0.717, 1.165) is 32.4 Å². The highest BCUT2D eigenvalue weighted by Crippen LogP contribution is 2.12. The molecule has 2 unspecified atom stereocenters. The van der Waals surface area contributed by atoms with E-state index in [2.05, 4.69) is 48.9 Å². The summed E-state index contributed by atoms with van der Waals surface area (Å²) in [5, 5.41) is 8.17. The molecule has 0 bridgehead atoms. The maximum Gasteiger partial charge on any atom is 0.0624 e. The maximum absolute atomic E-state index is 5.39. The van der Waals surface area contributed by atoms with Gasteiger partial charge in [0, 0.05) is 31.8 Å². The lowest BCUT2D eigenvalue weighted by Gasteiger charge is -2.21. The predicted octanol–water partition coefficient (Wildman–Crippen LogP) is 2.41. The zero-order chi connectivity index (χ0) is 14.3. The third kappa shape index (κ3) is 4.96. The average Bonchev–Trinajstić information content (AvgIpc) is 2.81. The predicted molar refractivity (Wildman–Crippen MR) is 79.5 cm³/mol. The average molecular weight is 267 g/mol. The number of aryl methyl sites for hydroxylation is 2. The zero-order valence-electron chi connectivity index (χ0n) is 13.1. The van der Waals surface area contributed by atoms with Crippen LogP contribution in [0.2, 0.25) is 0 Å². The van der Waals surface area contributed by atoms with Crippen molar-refractivity contribution < 1.29 is 4.74 Å². The second kappa shape index (κ2) is 8.33. The Kier molecular flexibility index (Phi) is 7.10. The molecule has 0 aromatic carbocycles. The van der Waals surface area contributed by atoms with Crippen LogP contribution >= 0.6 is 0 Å². The molecule has 0 amide bonds. The molecule has 4 nitrogen and oxygen atoms in total. The maximum atomic E-state index is 5.39. The van der Waals surface area contributed by atoms with Crippen LogP contribution in [0, 0.1) is 0 Å². The molecule has 2 atom stereocenters. The van der Waals surface area contributed by atoms with Gasteiger partial charge in [0.2, 0.25) is 0 Å². The molecule has 0 radical (unpaired) electrons. The van der Waals surface area contributed by atoms with Gasteiger partial charge in [-0.25, -0.2) is 0 Å². The summed E-state index contributed by atoms with van der Waals surface area (Å²) >= 11 is 0. The minimum atomic E-state index is 0.285. The van der Waals surface area contributed by atoms with E-state index in [4.69, 9.17) is 4.74 Å². The summed E-state index contributed by atoms with van der Waals surface area (Å²) in [5.74, 6) is 0. The van der Waals surface area contributed by atoms with Gasteiger partial charge in [0.25, 0.3) is 0 Å². The van der Waals surface area contributed by atoms with Crippen molar-refractivity contribution in [2.24, 2.45) is 0 Å². The molecule has 1 N–H and O–H groups in total. The SMILES string of the molecule is CCNC(Cc1cc(CC)nn1CC)CC(C)OC. The summed E-state index contributed by atoms with van der Waals surface area (Å²) in [6.07, 6.45) is 3.33. The molecule has 1 aromatic heterocycles. The van der Waals surface area contributed by atoms with Crippen LogP contribution < -0.4 is 5.32 Å². The number of ether oxygens (including phenoxy) is 1. The lowest BCUT2D eigenvalue weighted by atomic mass is 10.0. The van der Waals surface area contributed by atoms with Gasteiger partial charge in [0.1, 0.15) is 0 Å². The van der Waals surface area contributed by atoms with Crippen LogP contribution in [-0.2, 0) is 24.1 Å². The smallest absolute Gasteiger partial charge is 0.0624 e. The van der Waals surface area contributed by atoms with Crippen molar-refractivity contribution in [2.75, 3.05) is 13.7 Å². The van der Waals surface area contributed by atoms with Crippen molar-refractivity contribution in [3.8, 4) is 0 Å². The third-order valence-electron chi connectivity index (χ3n) is 3.54. The fraction of sp³-hybridized carbons (Fsp3) is 0.800. The van der Waals surface area contributed by atoms with Crippen LogP contribution in [0.3, 0.4) is 0 Å². The van der Waals surface area contributed by atoms with E-state index in [0.29, 0.717) is 6.04 Å². The van der Waals surface area contributed by atoms with Crippen molar-refractivity contribution in [3.63, 3.8) is 0 Å². The van der Waals surface area contributed by atoms with Crippen LogP contribution in [-0.4, -0.2) is 35.6 Å². The Hall–Kier alpha value is -0.870. The first-order valence-corrected chi connectivity index (χ1v) is 7.46. The van der Waals surface area contributed by atoms with E-state index in [1.807, 2.05) is 0 Å². The molecule has 0 saturated carbocycles. The first kappa shape index (κ1) is 16.2. The number of rotatable bonds is 9. The fourth-order valence-electron chi connectivity index (χ4n) is 2.40. The summed E-state index contributed by atoms with van der Waals surface area (Å²) in [6, 6.07) is 2.69. The normalized spacial score (nSPS) is 14.6. The molecule has 0 aliphatic carbocycles. The van der Waals surface area contributed by atoms with Crippen molar-refractivity contribution in [1.82, 2.24) is 15.1 Å². The van der Waals surface area contributed by atoms with Crippen LogP contribution in [0.15, 0.2) is 6.07 Å². The van der Waals surface area contributed by atoms with Crippen molar-refractivity contribution in [1.29, 1.82) is 0 Å². The topological polar surface area (TPSA) is 39.1 Å². The van der Waals surface area contributed by atoms with Crippen molar-refractivity contribution in [3.05, 3.63) is 17.5 Å². The molecule has 0 aliphatic heterocycles. The van der Waals surface area contributed by atoms with Crippen LogP contribution in [0.1, 0.15) is 45.5 Å². The number of aromatic nitrogens is 2. The Balaban J connectivity index is 2.74. The van der Waals surface area contributed by atoms with E-state index in [9.17, 15) is 0 Å². The molecular formula is C15H29N3O. The quantitative estimate of drug-likeness (QED) is 0.747. The molecule has 1 heterocycles.